The standard InChI is InChI=1S/C9H18N2O2/c1-9(7-13-3)4-5-11(6-9)8(12)10-2/h4-7H2,1-3H3,(H,10,12). The van der Waals surface area contributed by atoms with Gasteiger partial charge in [0.05, 0.1) is 6.61 Å². The molecule has 0 aromatic carbocycles. The molecule has 0 aromatic heterocycles. The zero-order valence-electron chi connectivity index (χ0n) is 8.59. The lowest BCUT2D eigenvalue weighted by molar-refractivity contribution is 0.0984. The molecule has 0 spiro atoms. The van der Waals surface area contributed by atoms with Crippen molar-refractivity contribution < 1.29 is 9.53 Å². The van der Waals surface area contributed by atoms with Crippen LogP contribution in [-0.4, -0.2) is 44.8 Å². The molecule has 0 bridgehead atoms. The third-order valence-corrected chi connectivity index (χ3v) is 2.55. The quantitative estimate of drug-likeness (QED) is 0.689. The monoisotopic (exact) mass is 186 g/mol. The fourth-order valence-corrected chi connectivity index (χ4v) is 1.82. The van der Waals surface area contributed by atoms with Crippen LogP contribution >= 0.6 is 0 Å². The van der Waals surface area contributed by atoms with Crippen molar-refractivity contribution in [3.8, 4) is 0 Å². The number of amides is 2. The van der Waals surface area contributed by atoms with E-state index in [1.165, 1.54) is 0 Å². The molecule has 1 aliphatic heterocycles. The van der Waals surface area contributed by atoms with E-state index in [1.807, 2.05) is 4.90 Å². The summed E-state index contributed by atoms with van der Waals surface area (Å²) in [6.07, 6.45) is 1.02. The largest absolute Gasteiger partial charge is 0.384 e. The topological polar surface area (TPSA) is 41.6 Å². The minimum absolute atomic E-state index is 0.0137. The van der Waals surface area contributed by atoms with E-state index in [0.717, 1.165) is 26.1 Å². The molecule has 1 N–H and O–H groups in total. The van der Waals surface area contributed by atoms with Crippen molar-refractivity contribution in [3.63, 3.8) is 0 Å². The van der Waals surface area contributed by atoms with Crippen LogP contribution in [0.15, 0.2) is 0 Å². The number of nitrogens with zero attached hydrogens (tertiary/aromatic N) is 1. The maximum absolute atomic E-state index is 11.3. The van der Waals surface area contributed by atoms with Crippen molar-refractivity contribution in [2.45, 2.75) is 13.3 Å². The number of rotatable bonds is 2. The summed E-state index contributed by atoms with van der Waals surface area (Å²) in [5.41, 5.74) is 0.140. The highest BCUT2D eigenvalue weighted by molar-refractivity contribution is 5.74. The summed E-state index contributed by atoms with van der Waals surface area (Å²) < 4.78 is 5.13. The summed E-state index contributed by atoms with van der Waals surface area (Å²) in [6.45, 7) is 4.50. The Hall–Kier alpha value is -0.770. The highest BCUT2D eigenvalue weighted by atomic mass is 16.5. The predicted molar refractivity (Wildman–Crippen MR) is 50.6 cm³/mol. The second-order valence-corrected chi connectivity index (χ2v) is 3.97. The molecule has 4 nitrogen and oxygen atoms in total. The van der Waals surface area contributed by atoms with Crippen molar-refractivity contribution in [1.82, 2.24) is 10.2 Å². The number of carbonyl (C=O) groups is 1. The third-order valence-electron chi connectivity index (χ3n) is 2.55. The van der Waals surface area contributed by atoms with Crippen LogP contribution in [-0.2, 0) is 4.74 Å². The highest BCUT2D eigenvalue weighted by Gasteiger charge is 2.35. The molecule has 4 heteroatoms. The van der Waals surface area contributed by atoms with E-state index in [1.54, 1.807) is 14.2 Å². The molecule has 1 fully saturated rings. The summed E-state index contributed by atoms with van der Waals surface area (Å²) in [5, 5.41) is 2.63. The first-order chi connectivity index (χ1) is 6.11. The molecule has 1 unspecified atom stereocenters. The Morgan fingerprint density at radius 1 is 1.69 bits per heavy atom. The molecule has 76 valence electrons. The average Bonchev–Trinajstić information content (AvgIpc) is 2.47. The Bertz CT molecular complexity index is 196. The van der Waals surface area contributed by atoms with Gasteiger partial charge in [0.15, 0.2) is 0 Å². The predicted octanol–water partition coefficient (Wildman–Crippen LogP) is 0.684. The molecule has 1 saturated heterocycles. The van der Waals surface area contributed by atoms with Gasteiger partial charge in [-0.2, -0.15) is 0 Å². The molecule has 1 atom stereocenters. The summed E-state index contributed by atoms with van der Waals surface area (Å²) in [7, 11) is 3.36. The lowest BCUT2D eigenvalue weighted by Crippen LogP contribution is -2.38. The van der Waals surface area contributed by atoms with E-state index in [9.17, 15) is 4.79 Å². The number of carbonyl (C=O) groups excluding carboxylic acids is 1. The van der Waals surface area contributed by atoms with Crippen LogP contribution in [0.5, 0.6) is 0 Å². The summed E-state index contributed by atoms with van der Waals surface area (Å²) in [6, 6.07) is 0.0137. The average molecular weight is 186 g/mol. The normalized spacial score (nSPS) is 27.8. The minimum Gasteiger partial charge on any atom is -0.384 e. The SMILES string of the molecule is CNC(=O)N1CCC(C)(COC)C1. The number of ether oxygens (including phenoxy) is 1. The molecule has 13 heavy (non-hydrogen) atoms. The van der Waals surface area contributed by atoms with Gasteiger partial charge in [-0.3, -0.25) is 0 Å². The first-order valence-corrected chi connectivity index (χ1v) is 4.57. The van der Waals surface area contributed by atoms with Crippen LogP contribution < -0.4 is 5.32 Å². The Morgan fingerprint density at radius 2 is 2.38 bits per heavy atom. The lowest BCUT2D eigenvalue weighted by Gasteiger charge is -2.23. The van der Waals surface area contributed by atoms with Crippen molar-refractivity contribution in [2.75, 3.05) is 33.9 Å². The number of hydrogen-bond donors (Lipinski definition) is 1. The molecule has 2 amide bonds. The lowest BCUT2D eigenvalue weighted by atomic mass is 9.91. The third kappa shape index (κ3) is 2.34. The van der Waals surface area contributed by atoms with Gasteiger partial charge in [0.1, 0.15) is 0 Å². The number of methoxy groups -OCH3 is 1. The van der Waals surface area contributed by atoms with Gasteiger partial charge < -0.3 is 15.0 Å². The maximum atomic E-state index is 11.3. The minimum atomic E-state index is 0.0137. The molecule has 1 aliphatic rings. The van der Waals surface area contributed by atoms with Gasteiger partial charge in [-0.05, 0) is 6.42 Å². The smallest absolute Gasteiger partial charge is 0.317 e. The van der Waals surface area contributed by atoms with Crippen LogP contribution in [0, 0.1) is 5.41 Å². The maximum Gasteiger partial charge on any atom is 0.317 e. The highest BCUT2D eigenvalue weighted by Crippen LogP contribution is 2.29. The Balaban J connectivity index is 2.47. The first kappa shape index (κ1) is 10.3. The fraction of sp³-hybridized carbons (Fsp3) is 0.889. The molecule has 1 heterocycles. The van der Waals surface area contributed by atoms with E-state index in [2.05, 4.69) is 12.2 Å². The molecule has 1 rings (SSSR count). The van der Waals surface area contributed by atoms with Gasteiger partial charge in [-0.15, -0.1) is 0 Å². The van der Waals surface area contributed by atoms with E-state index in [4.69, 9.17) is 4.74 Å². The second kappa shape index (κ2) is 3.96. The Morgan fingerprint density at radius 3 is 2.92 bits per heavy atom. The molecular weight excluding hydrogens is 168 g/mol. The van der Waals surface area contributed by atoms with Crippen LogP contribution in [0.1, 0.15) is 13.3 Å². The van der Waals surface area contributed by atoms with E-state index in [0.29, 0.717) is 0 Å². The second-order valence-electron chi connectivity index (χ2n) is 3.97. The van der Waals surface area contributed by atoms with E-state index in [-0.39, 0.29) is 11.4 Å². The van der Waals surface area contributed by atoms with E-state index < -0.39 is 0 Å². The van der Waals surface area contributed by atoms with Crippen molar-refractivity contribution in [3.05, 3.63) is 0 Å². The fourth-order valence-electron chi connectivity index (χ4n) is 1.82. The van der Waals surface area contributed by atoms with Crippen LogP contribution in [0.25, 0.3) is 0 Å². The van der Waals surface area contributed by atoms with Gasteiger partial charge >= 0.3 is 6.03 Å². The number of nitrogens with one attached hydrogen (secondary N) is 1. The van der Waals surface area contributed by atoms with Crippen molar-refractivity contribution in [1.29, 1.82) is 0 Å². The van der Waals surface area contributed by atoms with Crippen molar-refractivity contribution in [2.24, 2.45) is 5.41 Å². The molecule has 0 saturated carbocycles. The Labute approximate surface area is 79.2 Å². The first-order valence-electron chi connectivity index (χ1n) is 4.57. The zero-order valence-corrected chi connectivity index (χ0v) is 8.59. The summed E-state index contributed by atoms with van der Waals surface area (Å²) in [4.78, 5) is 13.1. The van der Waals surface area contributed by atoms with Gasteiger partial charge in [-0.25, -0.2) is 4.79 Å². The van der Waals surface area contributed by atoms with Crippen LogP contribution in [0.4, 0.5) is 4.79 Å². The number of likely N-dealkylation sites (tertiary alicyclic amines) is 1. The van der Waals surface area contributed by atoms with Gasteiger partial charge in [0.2, 0.25) is 0 Å². The Kier molecular flexibility index (Phi) is 3.14. The zero-order chi connectivity index (χ0) is 9.90. The van der Waals surface area contributed by atoms with Gasteiger partial charge in [0, 0.05) is 32.7 Å². The molecule has 0 radical (unpaired) electrons. The van der Waals surface area contributed by atoms with Gasteiger partial charge in [-0.1, -0.05) is 6.92 Å². The number of hydrogen-bond acceptors (Lipinski definition) is 2. The van der Waals surface area contributed by atoms with Crippen LogP contribution in [0.2, 0.25) is 0 Å². The molecule has 0 aliphatic carbocycles. The molecule has 0 aromatic rings. The van der Waals surface area contributed by atoms with Crippen molar-refractivity contribution >= 4 is 6.03 Å². The van der Waals surface area contributed by atoms with Gasteiger partial charge in [0.25, 0.3) is 0 Å². The summed E-state index contributed by atoms with van der Waals surface area (Å²) >= 11 is 0. The van der Waals surface area contributed by atoms with Crippen LogP contribution in [0.3, 0.4) is 0 Å². The molecular formula is C9H18N2O2. The van der Waals surface area contributed by atoms with E-state index >= 15 is 0 Å². The summed E-state index contributed by atoms with van der Waals surface area (Å²) in [5.74, 6) is 0. The number of urea groups is 1.